The molecule has 1 N–H and O–H groups in total. The number of rotatable bonds is 4. The van der Waals surface area contributed by atoms with E-state index in [0.717, 1.165) is 17.5 Å². The van der Waals surface area contributed by atoms with Crippen LogP contribution >= 0.6 is 23.2 Å². The van der Waals surface area contributed by atoms with Gasteiger partial charge in [-0.25, -0.2) is 0 Å². The molecule has 104 valence electrons. The highest BCUT2D eigenvalue weighted by Crippen LogP contribution is 2.28. The molecule has 0 unspecified atom stereocenters. The van der Waals surface area contributed by atoms with E-state index >= 15 is 0 Å². The van der Waals surface area contributed by atoms with E-state index in [4.69, 9.17) is 23.2 Å². The second kappa shape index (κ2) is 6.78. The molecule has 0 aliphatic rings. The first-order valence-electron chi connectivity index (χ1n) is 6.45. The summed E-state index contributed by atoms with van der Waals surface area (Å²) >= 11 is 11.9. The van der Waals surface area contributed by atoms with E-state index in [1.807, 2.05) is 43.3 Å². The van der Waals surface area contributed by atoms with Gasteiger partial charge in [-0.1, -0.05) is 48.3 Å². The number of amides is 1. The zero-order chi connectivity index (χ0) is 14.5. The molecule has 0 atom stereocenters. The first kappa shape index (κ1) is 14.9. The zero-order valence-electron chi connectivity index (χ0n) is 11.1. The Labute approximate surface area is 128 Å². The summed E-state index contributed by atoms with van der Waals surface area (Å²) in [5, 5.41) is 3.90. The minimum atomic E-state index is -0.0486. The lowest BCUT2D eigenvalue weighted by Crippen LogP contribution is -2.23. The quantitative estimate of drug-likeness (QED) is 0.863. The van der Waals surface area contributed by atoms with Crippen molar-refractivity contribution in [2.75, 3.05) is 6.54 Å². The Morgan fingerprint density at radius 2 is 1.65 bits per heavy atom. The molecule has 0 aliphatic carbocycles. The Morgan fingerprint density at radius 1 is 1.00 bits per heavy atom. The largest absolute Gasteiger partial charge is 0.352 e. The molecule has 2 nitrogen and oxygen atoms in total. The van der Waals surface area contributed by atoms with E-state index in [9.17, 15) is 4.79 Å². The van der Waals surface area contributed by atoms with Crippen molar-refractivity contribution in [3.8, 4) is 11.1 Å². The van der Waals surface area contributed by atoms with Gasteiger partial charge in [0, 0.05) is 12.1 Å². The van der Waals surface area contributed by atoms with Gasteiger partial charge in [0.15, 0.2) is 0 Å². The van der Waals surface area contributed by atoms with Gasteiger partial charge >= 0.3 is 0 Å². The van der Waals surface area contributed by atoms with E-state index in [-0.39, 0.29) is 5.91 Å². The van der Waals surface area contributed by atoms with Crippen molar-refractivity contribution in [1.29, 1.82) is 0 Å². The Balaban J connectivity index is 2.19. The van der Waals surface area contributed by atoms with E-state index in [1.54, 1.807) is 6.07 Å². The number of hydrogen-bond donors (Lipinski definition) is 1. The topological polar surface area (TPSA) is 29.1 Å². The van der Waals surface area contributed by atoms with Crippen molar-refractivity contribution in [3.05, 3.63) is 58.1 Å². The fourth-order valence-corrected chi connectivity index (χ4v) is 2.13. The molecule has 2 rings (SSSR count). The molecule has 0 radical (unpaired) electrons. The highest BCUT2D eigenvalue weighted by Gasteiger charge is 2.06. The molecule has 0 spiro atoms. The maximum Gasteiger partial charge on any atom is 0.251 e. The normalized spacial score (nSPS) is 10.3. The van der Waals surface area contributed by atoms with E-state index in [1.165, 1.54) is 0 Å². The molecule has 0 heterocycles. The summed E-state index contributed by atoms with van der Waals surface area (Å²) in [6.07, 6.45) is 0.924. The third-order valence-electron chi connectivity index (χ3n) is 2.94. The lowest BCUT2D eigenvalue weighted by Gasteiger charge is -2.06. The summed E-state index contributed by atoms with van der Waals surface area (Å²) in [5.41, 5.74) is 2.62. The number of halogens is 2. The standard InChI is InChI=1S/C16H15Cl2NO/c1-2-9-19-16(20)12-5-3-11(4-6-12)13-7-8-14(17)15(18)10-13/h3-8,10H,2,9H2,1H3,(H,19,20). The molecule has 2 aromatic rings. The molecular weight excluding hydrogens is 293 g/mol. The van der Waals surface area contributed by atoms with Crippen LogP contribution in [-0.4, -0.2) is 12.5 Å². The summed E-state index contributed by atoms with van der Waals surface area (Å²) in [4.78, 5) is 11.8. The van der Waals surface area contributed by atoms with Gasteiger partial charge in [-0.2, -0.15) is 0 Å². The predicted octanol–water partition coefficient (Wildman–Crippen LogP) is 4.80. The van der Waals surface area contributed by atoms with Crippen molar-refractivity contribution < 1.29 is 4.79 Å². The van der Waals surface area contributed by atoms with Crippen LogP contribution in [0.2, 0.25) is 10.0 Å². The summed E-state index contributed by atoms with van der Waals surface area (Å²) in [6.45, 7) is 2.71. The summed E-state index contributed by atoms with van der Waals surface area (Å²) in [7, 11) is 0. The van der Waals surface area contributed by atoms with Gasteiger partial charge in [-0.05, 0) is 41.8 Å². The van der Waals surface area contributed by atoms with Crippen LogP contribution in [0.15, 0.2) is 42.5 Å². The van der Waals surface area contributed by atoms with E-state index < -0.39 is 0 Å². The third-order valence-corrected chi connectivity index (χ3v) is 3.67. The predicted molar refractivity (Wildman–Crippen MR) is 84.5 cm³/mol. The lowest BCUT2D eigenvalue weighted by molar-refractivity contribution is 0.0953. The van der Waals surface area contributed by atoms with Crippen LogP contribution in [0.5, 0.6) is 0 Å². The maximum absolute atomic E-state index is 11.8. The van der Waals surface area contributed by atoms with Gasteiger partial charge in [-0.15, -0.1) is 0 Å². The number of benzene rings is 2. The first-order valence-corrected chi connectivity index (χ1v) is 7.21. The Bertz CT molecular complexity index is 608. The van der Waals surface area contributed by atoms with Gasteiger partial charge < -0.3 is 5.32 Å². The average molecular weight is 308 g/mol. The van der Waals surface area contributed by atoms with Crippen LogP contribution in [0.25, 0.3) is 11.1 Å². The molecule has 0 saturated heterocycles. The number of carbonyl (C=O) groups is 1. The summed E-state index contributed by atoms with van der Waals surface area (Å²) in [5.74, 6) is -0.0486. The van der Waals surface area contributed by atoms with Crippen LogP contribution in [0.4, 0.5) is 0 Å². The average Bonchev–Trinajstić information content (AvgIpc) is 2.48. The molecule has 0 aliphatic heterocycles. The molecule has 1 amide bonds. The molecule has 0 fully saturated rings. The highest BCUT2D eigenvalue weighted by molar-refractivity contribution is 6.42. The number of hydrogen-bond acceptors (Lipinski definition) is 1. The SMILES string of the molecule is CCCNC(=O)c1ccc(-c2ccc(Cl)c(Cl)c2)cc1. The maximum atomic E-state index is 11.8. The van der Waals surface area contributed by atoms with Crippen LogP contribution in [-0.2, 0) is 0 Å². The van der Waals surface area contributed by atoms with Gasteiger partial charge in [0.25, 0.3) is 5.91 Å². The number of carbonyl (C=O) groups excluding carboxylic acids is 1. The summed E-state index contributed by atoms with van der Waals surface area (Å²) in [6, 6.07) is 12.9. The third kappa shape index (κ3) is 3.53. The number of nitrogens with one attached hydrogen (secondary N) is 1. The Morgan fingerprint density at radius 3 is 2.25 bits per heavy atom. The summed E-state index contributed by atoms with van der Waals surface area (Å²) < 4.78 is 0. The van der Waals surface area contributed by atoms with Gasteiger partial charge in [0.2, 0.25) is 0 Å². The molecule has 0 bridgehead atoms. The van der Waals surface area contributed by atoms with Crippen molar-refractivity contribution in [2.24, 2.45) is 0 Å². The molecule has 0 saturated carbocycles. The van der Waals surface area contributed by atoms with Crippen molar-refractivity contribution in [2.45, 2.75) is 13.3 Å². The fourth-order valence-electron chi connectivity index (χ4n) is 1.83. The molecular formula is C16H15Cl2NO. The van der Waals surface area contributed by atoms with E-state index in [0.29, 0.717) is 22.2 Å². The van der Waals surface area contributed by atoms with Crippen molar-refractivity contribution >= 4 is 29.1 Å². The van der Waals surface area contributed by atoms with Crippen molar-refractivity contribution in [1.82, 2.24) is 5.32 Å². The van der Waals surface area contributed by atoms with Gasteiger partial charge in [0.1, 0.15) is 0 Å². The second-order valence-corrected chi connectivity index (χ2v) is 5.28. The van der Waals surface area contributed by atoms with Crippen LogP contribution in [0, 0.1) is 0 Å². The highest BCUT2D eigenvalue weighted by atomic mass is 35.5. The molecule has 2 aromatic carbocycles. The second-order valence-electron chi connectivity index (χ2n) is 4.46. The smallest absolute Gasteiger partial charge is 0.251 e. The Hall–Kier alpha value is -1.51. The first-order chi connectivity index (χ1) is 9.61. The zero-order valence-corrected chi connectivity index (χ0v) is 12.6. The van der Waals surface area contributed by atoms with Crippen LogP contribution in [0.3, 0.4) is 0 Å². The monoisotopic (exact) mass is 307 g/mol. The fraction of sp³-hybridized carbons (Fsp3) is 0.188. The van der Waals surface area contributed by atoms with Gasteiger partial charge in [0.05, 0.1) is 10.0 Å². The minimum absolute atomic E-state index is 0.0486. The van der Waals surface area contributed by atoms with Gasteiger partial charge in [-0.3, -0.25) is 4.79 Å². The lowest BCUT2D eigenvalue weighted by atomic mass is 10.0. The Kier molecular flexibility index (Phi) is 5.05. The van der Waals surface area contributed by atoms with Crippen LogP contribution < -0.4 is 5.32 Å². The minimum Gasteiger partial charge on any atom is -0.352 e. The molecule has 4 heteroatoms. The molecule has 20 heavy (non-hydrogen) atoms. The van der Waals surface area contributed by atoms with Crippen LogP contribution in [0.1, 0.15) is 23.7 Å². The van der Waals surface area contributed by atoms with Crippen molar-refractivity contribution in [3.63, 3.8) is 0 Å². The van der Waals surface area contributed by atoms with E-state index in [2.05, 4.69) is 5.32 Å². The molecule has 0 aromatic heterocycles.